The minimum atomic E-state index is -0.327. The molecular formula is C23H27N3O3S. The number of amides is 1. The van der Waals surface area contributed by atoms with Gasteiger partial charge in [0.05, 0.1) is 17.8 Å². The third-order valence-corrected chi connectivity index (χ3v) is 6.95. The number of benzene rings is 1. The van der Waals surface area contributed by atoms with E-state index in [2.05, 4.69) is 4.98 Å². The van der Waals surface area contributed by atoms with Crippen LogP contribution in [0.25, 0.3) is 21.3 Å². The number of hydrogen-bond acceptors (Lipinski definition) is 5. The molecule has 4 rings (SSSR count). The fourth-order valence-electron chi connectivity index (χ4n) is 4.08. The molecule has 158 valence electrons. The summed E-state index contributed by atoms with van der Waals surface area (Å²) in [6.45, 7) is 5.51. The first-order valence-corrected chi connectivity index (χ1v) is 11.3. The van der Waals surface area contributed by atoms with E-state index in [0.717, 1.165) is 28.8 Å². The van der Waals surface area contributed by atoms with Crippen LogP contribution in [0, 0.1) is 12.8 Å². The first kappa shape index (κ1) is 20.8. The molecule has 6 nitrogen and oxygen atoms in total. The normalized spacial score (nSPS) is 16.2. The number of fused-ring (bicyclic) bond motifs is 1. The van der Waals surface area contributed by atoms with Crippen LogP contribution in [0.4, 0.5) is 0 Å². The van der Waals surface area contributed by atoms with Crippen LogP contribution in [0.15, 0.2) is 40.8 Å². The monoisotopic (exact) mass is 425 g/mol. The molecule has 1 aliphatic heterocycles. The molecule has 1 fully saturated rings. The molecule has 0 spiro atoms. The number of aryl methyl sites for hydroxylation is 2. The van der Waals surface area contributed by atoms with Crippen molar-refractivity contribution >= 4 is 27.5 Å². The van der Waals surface area contributed by atoms with E-state index < -0.39 is 0 Å². The average Bonchev–Trinajstić information content (AvgIpc) is 3.18. The van der Waals surface area contributed by atoms with Crippen molar-refractivity contribution in [2.24, 2.45) is 5.92 Å². The predicted molar refractivity (Wildman–Crippen MR) is 120 cm³/mol. The van der Waals surface area contributed by atoms with E-state index in [9.17, 15) is 14.7 Å². The lowest BCUT2D eigenvalue weighted by Crippen LogP contribution is -2.41. The van der Waals surface area contributed by atoms with Crippen molar-refractivity contribution < 1.29 is 9.90 Å². The van der Waals surface area contributed by atoms with E-state index in [0.29, 0.717) is 25.0 Å². The third kappa shape index (κ3) is 4.18. The van der Waals surface area contributed by atoms with Gasteiger partial charge >= 0.3 is 0 Å². The molecule has 1 N–H and O–H groups in total. The van der Waals surface area contributed by atoms with Crippen LogP contribution in [0.5, 0.6) is 0 Å². The zero-order valence-corrected chi connectivity index (χ0v) is 18.2. The van der Waals surface area contributed by atoms with Gasteiger partial charge in [-0.3, -0.25) is 14.2 Å². The molecule has 1 atom stereocenters. The summed E-state index contributed by atoms with van der Waals surface area (Å²) in [6, 6.07) is 8.11. The second kappa shape index (κ2) is 8.70. The van der Waals surface area contributed by atoms with Crippen LogP contribution >= 0.6 is 11.3 Å². The second-order valence-corrected chi connectivity index (χ2v) is 9.01. The van der Waals surface area contributed by atoms with Crippen molar-refractivity contribution in [1.82, 2.24) is 14.5 Å². The highest BCUT2D eigenvalue weighted by Crippen LogP contribution is 2.30. The summed E-state index contributed by atoms with van der Waals surface area (Å²) >= 11 is 1.47. The number of hydrogen-bond donors (Lipinski definition) is 1. The average molecular weight is 426 g/mol. The van der Waals surface area contributed by atoms with Crippen LogP contribution in [0.2, 0.25) is 0 Å². The number of aliphatic hydroxyl groups is 1. The molecule has 1 aliphatic rings. The van der Waals surface area contributed by atoms with Gasteiger partial charge in [-0.2, -0.15) is 0 Å². The van der Waals surface area contributed by atoms with Crippen LogP contribution in [0.1, 0.15) is 31.7 Å². The number of carbonyl (C=O) groups excluding carboxylic acids is 1. The molecule has 2 aromatic heterocycles. The molecule has 30 heavy (non-hydrogen) atoms. The highest BCUT2D eigenvalue weighted by Gasteiger charge is 2.25. The summed E-state index contributed by atoms with van der Waals surface area (Å²) in [4.78, 5) is 32.8. The molecule has 0 bridgehead atoms. The summed E-state index contributed by atoms with van der Waals surface area (Å²) in [6.07, 6.45) is 3.15. The summed E-state index contributed by atoms with van der Waals surface area (Å²) < 4.78 is 1.55. The highest BCUT2D eigenvalue weighted by atomic mass is 32.1. The number of likely N-dealkylation sites (tertiary alicyclic amines) is 1. The lowest BCUT2D eigenvalue weighted by molar-refractivity contribution is -0.133. The number of aliphatic hydroxyl groups excluding tert-OH is 1. The summed E-state index contributed by atoms with van der Waals surface area (Å²) in [7, 11) is 0. The molecule has 1 saturated heterocycles. The summed E-state index contributed by atoms with van der Waals surface area (Å²) in [5.41, 5.74) is 2.97. The largest absolute Gasteiger partial charge is 0.393 e. The highest BCUT2D eigenvalue weighted by molar-refractivity contribution is 7.17. The zero-order valence-electron chi connectivity index (χ0n) is 17.4. The third-order valence-electron chi connectivity index (χ3n) is 6.06. The van der Waals surface area contributed by atoms with E-state index in [1.807, 2.05) is 48.4 Å². The second-order valence-electron chi connectivity index (χ2n) is 8.15. The SMILES string of the molecule is Cc1ccc(-c2csc3ncn(CCC(=O)N4CCC([C@@H](C)O)CC4)c(=O)c23)cc1. The Morgan fingerprint density at radius 3 is 2.63 bits per heavy atom. The Morgan fingerprint density at radius 2 is 1.97 bits per heavy atom. The fraction of sp³-hybridized carbons (Fsp3) is 0.435. The van der Waals surface area contributed by atoms with Gasteiger partial charge in [0.15, 0.2) is 0 Å². The maximum atomic E-state index is 13.1. The van der Waals surface area contributed by atoms with Crippen molar-refractivity contribution in [2.75, 3.05) is 13.1 Å². The van der Waals surface area contributed by atoms with Crippen LogP contribution < -0.4 is 5.56 Å². The van der Waals surface area contributed by atoms with Crippen LogP contribution in [0.3, 0.4) is 0 Å². The van der Waals surface area contributed by atoms with Gasteiger partial charge in [-0.1, -0.05) is 29.8 Å². The molecule has 3 heterocycles. The topological polar surface area (TPSA) is 75.4 Å². The first-order chi connectivity index (χ1) is 14.4. The van der Waals surface area contributed by atoms with Crippen LogP contribution in [-0.4, -0.2) is 44.7 Å². The van der Waals surface area contributed by atoms with Gasteiger partial charge in [-0.05, 0) is 38.2 Å². The Labute approximate surface area is 179 Å². The minimum absolute atomic E-state index is 0.0510. The standard InChI is InChI=1S/C23H27N3O3S/c1-15-3-5-18(6-4-15)19-13-30-22-21(19)23(29)26(14-24-22)12-9-20(28)25-10-7-17(8-11-25)16(2)27/h3-6,13-14,16-17,27H,7-12H2,1-2H3/t16-/m1/s1. The number of rotatable bonds is 5. The van der Waals surface area contributed by atoms with Gasteiger partial charge in [0.1, 0.15) is 4.83 Å². The van der Waals surface area contributed by atoms with Gasteiger partial charge < -0.3 is 10.0 Å². The number of carbonyl (C=O) groups is 1. The van der Waals surface area contributed by atoms with E-state index in [1.54, 1.807) is 10.9 Å². The Morgan fingerprint density at radius 1 is 1.27 bits per heavy atom. The fourth-order valence-corrected chi connectivity index (χ4v) is 4.98. The Hall–Kier alpha value is -2.51. The van der Waals surface area contributed by atoms with Crippen molar-refractivity contribution in [3.63, 3.8) is 0 Å². The molecule has 0 aliphatic carbocycles. The molecule has 3 aromatic rings. The smallest absolute Gasteiger partial charge is 0.262 e. The summed E-state index contributed by atoms with van der Waals surface area (Å²) in [5.74, 6) is 0.317. The van der Waals surface area contributed by atoms with Gasteiger partial charge in [0.25, 0.3) is 5.56 Å². The van der Waals surface area contributed by atoms with Crippen LogP contribution in [-0.2, 0) is 11.3 Å². The van der Waals surface area contributed by atoms with E-state index in [4.69, 9.17) is 0 Å². The van der Waals surface area contributed by atoms with Gasteiger partial charge in [-0.15, -0.1) is 11.3 Å². The zero-order chi connectivity index (χ0) is 21.3. The lowest BCUT2D eigenvalue weighted by Gasteiger charge is -2.33. The molecule has 7 heteroatoms. The van der Waals surface area contributed by atoms with Crippen molar-refractivity contribution in [1.29, 1.82) is 0 Å². The maximum absolute atomic E-state index is 13.1. The Balaban J connectivity index is 1.49. The maximum Gasteiger partial charge on any atom is 0.262 e. The number of nitrogens with zero attached hydrogens (tertiary/aromatic N) is 3. The lowest BCUT2D eigenvalue weighted by atomic mass is 9.92. The first-order valence-electron chi connectivity index (χ1n) is 10.4. The predicted octanol–water partition coefficient (Wildman–Crippen LogP) is 3.44. The molecule has 1 amide bonds. The molecular weight excluding hydrogens is 398 g/mol. The van der Waals surface area contributed by atoms with Gasteiger partial charge in [0, 0.05) is 37.0 Å². The van der Waals surface area contributed by atoms with E-state index in [-0.39, 0.29) is 29.9 Å². The summed E-state index contributed by atoms with van der Waals surface area (Å²) in [5, 5.41) is 12.3. The minimum Gasteiger partial charge on any atom is -0.393 e. The van der Waals surface area contributed by atoms with Crippen molar-refractivity contribution in [3.05, 3.63) is 51.9 Å². The van der Waals surface area contributed by atoms with Crippen molar-refractivity contribution in [3.8, 4) is 11.1 Å². The number of aromatic nitrogens is 2. The van der Waals surface area contributed by atoms with E-state index in [1.165, 1.54) is 16.9 Å². The molecule has 0 unspecified atom stereocenters. The molecule has 0 saturated carbocycles. The molecule has 0 radical (unpaired) electrons. The Bertz CT molecular complexity index is 1090. The van der Waals surface area contributed by atoms with E-state index >= 15 is 0 Å². The molecule has 1 aromatic carbocycles. The van der Waals surface area contributed by atoms with Gasteiger partial charge in [-0.25, -0.2) is 4.98 Å². The number of piperidine rings is 1. The van der Waals surface area contributed by atoms with Gasteiger partial charge in [0.2, 0.25) is 5.91 Å². The Kier molecular flexibility index (Phi) is 6.01. The quantitative estimate of drug-likeness (QED) is 0.679. The number of thiophene rings is 1. The van der Waals surface area contributed by atoms with Crippen molar-refractivity contribution in [2.45, 2.75) is 45.8 Å².